The van der Waals surface area contributed by atoms with Gasteiger partial charge in [0.25, 0.3) is 0 Å². The molecule has 4 nitrogen and oxygen atoms in total. The van der Waals surface area contributed by atoms with E-state index in [0.29, 0.717) is 88.6 Å². The summed E-state index contributed by atoms with van der Waals surface area (Å²) in [6, 6.07) is 38.6. The molecule has 0 spiro atoms. The summed E-state index contributed by atoms with van der Waals surface area (Å²) in [6.07, 6.45) is 0. The van der Waals surface area contributed by atoms with Crippen LogP contribution in [-0.4, -0.2) is 69.9 Å². The van der Waals surface area contributed by atoms with E-state index in [4.69, 9.17) is 74.3 Å². The smallest absolute Gasteiger partial charge is 0.164 e. The molecule has 10 rings (SSSR count). The molecular weight excluding hydrogens is 674 g/mol. The van der Waals surface area contributed by atoms with Gasteiger partial charge in [0.15, 0.2) is 17.5 Å². The highest BCUT2D eigenvalue weighted by molar-refractivity contribution is 6.62. The zero-order chi connectivity index (χ0) is 38.4. The molecule has 0 aliphatic heterocycles. The van der Waals surface area contributed by atoms with Crippen LogP contribution in [0.3, 0.4) is 0 Å². The minimum atomic E-state index is 0.346. The van der Waals surface area contributed by atoms with Gasteiger partial charge in [0, 0.05) is 27.5 Å². The van der Waals surface area contributed by atoms with Crippen molar-refractivity contribution < 1.29 is 4.42 Å². The van der Waals surface area contributed by atoms with Gasteiger partial charge >= 0.3 is 0 Å². The molecule has 0 N–H and O–H groups in total. The number of rotatable bonds is 4. The molecule has 0 aliphatic carbocycles. The Morgan fingerprint density at radius 2 is 0.946 bits per heavy atom. The topological polar surface area (TPSA) is 51.8 Å². The molecule has 0 amide bonds. The molecule has 0 atom stereocenters. The van der Waals surface area contributed by atoms with Crippen molar-refractivity contribution in [2.24, 2.45) is 0 Å². The summed E-state index contributed by atoms with van der Waals surface area (Å²) in [5.41, 5.74) is 8.09. The Morgan fingerprint density at radius 1 is 0.357 bits per heavy atom. The molecule has 0 aliphatic rings. The van der Waals surface area contributed by atoms with E-state index in [2.05, 4.69) is 0 Å². The number of benzene rings is 8. The number of fused-ring (bicyclic) bond motifs is 9. The quantitative estimate of drug-likeness (QED) is 0.210. The Hall–Kier alpha value is -6.20. The van der Waals surface area contributed by atoms with Crippen LogP contribution >= 0.6 is 0 Å². The van der Waals surface area contributed by atoms with E-state index in [0.717, 1.165) is 49.2 Å². The third-order valence-electron chi connectivity index (χ3n) is 10.6. The maximum atomic E-state index is 7.22. The van der Waals surface area contributed by atoms with E-state index in [-0.39, 0.29) is 0 Å². The summed E-state index contributed by atoms with van der Waals surface area (Å²) in [7, 11) is 46.6. The predicted molar refractivity (Wildman–Crippen MR) is 239 cm³/mol. The monoisotopic (exact) mass is 695 g/mol. The summed E-state index contributed by atoms with van der Waals surface area (Å²) in [4.78, 5) is 14.9. The van der Waals surface area contributed by atoms with Gasteiger partial charge in [0.05, 0.1) is 0 Å². The van der Waals surface area contributed by atoms with Gasteiger partial charge in [-0.2, -0.15) is 0 Å². The van der Waals surface area contributed by atoms with Crippen LogP contribution in [0, 0.1) is 0 Å². The van der Waals surface area contributed by atoms with Crippen molar-refractivity contribution in [1.29, 1.82) is 0 Å². The van der Waals surface area contributed by atoms with Gasteiger partial charge in [-0.3, -0.25) is 0 Å². The fraction of sp³-hybridized carbons (Fsp3) is 0. The Kier molecular flexibility index (Phi) is 7.93. The standard InChI is InChI=1S/C45H20B7N3O/c46-29-17-25-26(18-30(29)47)38-40(32(49)20-33(50)41(38)51)39-27(25)19-31(48)36(42(39)52)23-14-15-34-28(16-23)37-24(12-7-13-35(37)56-34)45-54-43(21-8-3-1-4-9-21)53-44(55-45)22-10-5-2-6-11-22/h1-20H. The summed E-state index contributed by atoms with van der Waals surface area (Å²) in [5, 5.41) is 5.90. The van der Waals surface area contributed by atoms with E-state index < -0.39 is 0 Å². The fourth-order valence-electron chi connectivity index (χ4n) is 7.98. The maximum Gasteiger partial charge on any atom is 0.164 e. The molecule has 14 radical (unpaired) electrons. The Morgan fingerprint density at radius 3 is 1.61 bits per heavy atom. The van der Waals surface area contributed by atoms with Gasteiger partial charge in [0.2, 0.25) is 0 Å². The van der Waals surface area contributed by atoms with Crippen molar-refractivity contribution in [2.75, 3.05) is 0 Å². The molecule has 0 fully saturated rings. The van der Waals surface area contributed by atoms with Gasteiger partial charge < -0.3 is 4.42 Å². The van der Waals surface area contributed by atoms with Crippen molar-refractivity contribution in [3.63, 3.8) is 0 Å². The first-order valence-corrected chi connectivity index (χ1v) is 17.9. The van der Waals surface area contributed by atoms with Gasteiger partial charge in [0.1, 0.15) is 66.1 Å². The SMILES string of the molecule is [B]c1cc2c(cc1[B])c1c([B])c([B])cc([B])c1c1c([B])c(-c3ccc4oc5cccc(-c6nc(-c7ccccc7)nc(-c7ccccc7)n6)c5c4c3)c([B])cc21. The fourth-order valence-corrected chi connectivity index (χ4v) is 7.98. The zero-order valence-corrected chi connectivity index (χ0v) is 29.8. The number of hydrogen-bond donors (Lipinski definition) is 0. The van der Waals surface area contributed by atoms with Gasteiger partial charge in [-0.25, -0.2) is 15.0 Å². The van der Waals surface area contributed by atoms with Crippen molar-refractivity contribution in [3.8, 4) is 45.3 Å². The van der Waals surface area contributed by atoms with E-state index in [1.165, 1.54) is 0 Å². The highest BCUT2D eigenvalue weighted by Crippen LogP contribution is 2.39. The average molecular weight is 694 g/mol. The lowest BCUT2D eigenvalue weighted by Gasteiger charge is -2.23. The van der Waals surface area contributed by atoms with Crippen molar-refractivity contribution >= 4 is 147 Å². The highest BCUT2D eigenvalue weighted by atomic mass is 16.3. The maximum absolute atomic E-state index is 7.22. The van der Waals surface area contributed by atoms with Gasteiger partial charge in [-0.15, -0.1) is 16.4 Å². The first kappa shape index (κ1) is 34.3. The van der Waals surface area contributed by atoms with Crippen LogP contribution in [0.1, 0.15) is 0 Å². The normalized spacial score (nSPS) is 11.7. The third kappa shape index (κ3) is 5.28. The van der Waals surface area contributed by atoms with Crippen LogP contribution in [0.2, 0.25) is 0 Å². The lowest BCUT2D eigenvalue weighted by Crippen LogP contribution is -2.33. The third-order valence-corrected chi connectivity index (χ3v) is 10.6. The van der Waals surface area contributed by atoms with E-state index in [1.807, 2.05) is 109 Å². The van der Waals surface area contributed by atoms with Crippen LogP contribution in [0.5, 0.6) is 0 Å². The molecule has 8 aromatic carbocycles. The van der Waals surface area contributed by atoms with Crippen molar-refractivity contribution in [1.82, 2.24) is 15.0 Å². The first-order valence-electron chi connectivity index (χ1n) is 17.9. The molecular formula is C45H20B7N3O. The number of hydrogen-bond acceptors (Lipinski definition) is 4. The second kappa shape index (κ2) is 12.9. The van der Waals surface area contributed by atoms with E-state index in [1.54, 1.807) is 12.1 Å². The molecule has 0 saturated heterocycles. The molecule has 11 heteroatoms. The van der Waals surface area contributed by atoms with Crippen LogP contribution in [0.15, 0.2) is 126 Å². The van der Waals surface area contributed by atoms with Crippen LogP contribution in [0.25, 0.3) is 99.5 Å². The van der Waals surface area contributed by atoms with Crippen LogP contribution in [0.4, 0.5) is 0 Å². The van der Waals surface area contributed by atoms with Gasteiger partial charge in [-0.05, 0) is 61.6 Å². The number of furan rings is 1. The van der Waals surface area contributed by atoms with E-state index in [9.17, 15) is 0 Å². The average Bonchev–Trinajstić information content (AvgIpc) is 3.59. The summed E-state index contributed by atoms with van der Waals surface area (Å²) < 4.78 is 6.43. The summed E-state index contributed by atoms with van der Waals surface area (Å²) >= 11 is 0. The molecule has 2 aromatic heterocycles. The number of nitrogens with zero attached hydrogens (tertiary/aromatic N) is 3. The van der Waals surface area contributed by atoms with Crippen molar-refractivity contribution in [2.45, 2.75) is 0 Å². The minimum Gasteiger partial charge on any atom is -0.456 e. The lowest BCUT2D eigenvalue weighted by molar-refractivity contribution is 0.669. The highest BCUT2D eigenvalue weighted by Gasteiger charge is 2.21. The molecule has 0 bridgehead atoms. The lowest BCUT2D eigenvalue weighted by atomic mass is 9.67. The second-order valence-electron chi connectivity index (χ2n) is 14.0. The molecule has 0 unspecified atom stereocenters. The molecule has 10 aromatic rings. The minimum absolute atomic E-state index is 0.346. The largest absolute Gasteiger partial charge is 0.456 e. The molecule has 2 heterocycles. The Balaban J connectivity index is 1.24. The van der Waals surface area contributed by atoms with Crippen LogP contribution < -0.4 is 38.2 Å². The molecule has 56 heavy (non-hydrogen) atoms. The summed E-state index contributed by atoms with van der Waals surface area (Å²) in [6.45, 7) is 0. The van der Waals surface area contributed by atoms with Crippen molar-refractivity contribution in [3.05, 3.63) is 121 Å². The summed E-state index contributed by atoms with van der Waals surface area (Å²) in [5.74, 6) is 1.62. The molecule has 0 saturated carbocycles. The zero-order valence-electron chi connectivity index (χ0n) is 29.8. The first-order chi connectivity index (χ1) is 27.2. The van der Waals surface area contributed by atoms with Gasteiger partial charge in [-0.1, -0.05) is 125 Å². The second-order valence-corrected chi connectivity index (χ2v) is 14.0. The predicted octanol–water partition coefficient (Wildman–Crippen LogP) is 3.46. The Bertz CT molecular complexity index is 3220. The Labute approximate surface area is 332 Å². The molecule has 242 valence electrons. The van der Waals surface area contributed by atoms with Crippen LogP contribution in [-0.2, 0) is 0 Å². The number of aromatic nitrogens is 3. The van der Waals surface area contributed by atoms with E-state index >= 15 is 0 Å².